The second-order valence-corrected chi connectivity index (χ2v) is 9.23. The summed E-state index contributed by atoms with van der Waals surface area (Å²) < 4.78 is 63.9. The van der Waals surface area contributed by atoms with Gasteiger partial charge in [-0.3, -0.25) is 4.72 Å². The van der Waals surface area contributed by atoms with E-state index in [2.05, 4.69) is 15.0 Å². The lowest BCUT2D eigenvalue weighted by Crippen LogP contribution is -2.27. The van der Waals surface area contributed by atoms with Crippen molar-refractivity contribution in [3.05, 3.63) is 69.5 Å². The van der Waals surface area contributed by atoms with Crippen molar-refractivity contribution in [2.45, 2.75) is 13.3 Å². The van der Waals surface area contributed by atoms with E-state index >= 15 is 0 Å². The smallest absolute Gasteiger partial charge is 0.340 e. The Morgan fingerprint density at radius 2 is 1.84 bits per heavy atom. The van der Waals surface area contributed by atoms with Crippen LogP contribution < -0.4 is 29.3 Å². The number of hydrogen-bond donors (Lipinski definition) is 2. The maximum atomic E-state index is 15.0. The summed E-state index contributed by atoms with van der Waals surface area (Å²) in [7, 11) is 0.0373. The minimum atomic E-state index is -3.98. The molecule has 0 atom stereocenters. The molecule has 3 heterocycles. The number of pyridine rings is 1. The third-order valence-corrected chi connectivity index (χ3v) is 6.37. The molecule has 2 N–H and O–H groups in total. The van der Waals surface area contributed by atoms with Gasteiger partial charge in [-0.05, 0) is 36.2 Å². The van der Waals surface area contributed by atoms with Crippen LogP contribution in [0.15, 0.2) is 45.7 Å². The zero-order valence-electron chi connectivity index (χ0n) is 20.2. The van der Waals surface area contributed by atoms with Crippen LogP contribution >= 0.6 is 0 Å². The average Bonchev–Trinajstić information content (AvgIpc) is 2.88. The second kappa shape index (κ2) is 10.4. The summed E-state index contributed by atoms with van der Waals surface area (Å²) in [5.74, 6) is -0.683. The van der Waals surface area contributed by atoms with Gasteiger partial charge in [-0.2, -0.15) is 18.4 Å². The van der Waals surface area contributed by atoms with E-state index in [9.17, 15) is 17.6 Å². The summed E-state index contributed by atoms with van der Waals surface area (Å²) >= 11 is 0. The highest BCUT2D eigenvalue weighted by Gasteiger charge is 2.19. The van der Waals surface area contributed by atoms with Crippen molar-refractivity contribution in [3.8, 4) is 23.5 Å². The zero-order valence-corrected chi connectivity index (χ0v) is 21.0. The highest BCUT2D eigenvalue weighted by molar-refractivity contribution is 7.90. The first kappa shape index (κ1) is 25.8. The molecule has 0 saturated heterocycles. The Balaban J connectivity index is 1.66. The number of hydrogen-bond acceptors (Lipinski definition) is 10. The molecule has 0 fully saturated rings. The quantitative estimate of drug-likeness (QED) is 0.308. The molecule has 0 amide bonds. The van der Waals surface area contributed by atoms with Crippen LogP contribution in [0.2, 0.25) is 0 Å². The number of anilines is 1. The number of aromatic nitrogens is 3. The van der Waals surface area contributed by atoms with Gasteiger partial charge in [-0.15, -0.1) is 0 Å². The molecule has 0 unspecified atom stereocenters. The topological polar surface area (TPSA) is 155 Å². The predicted octanol–water partition coefficient (Wildman–Crippen LogP) is 2.70. The summed E-state index contributed by atoms with van der Waals surface area (Å²) in [6, 6.07) is 7.73. The normalized spacial score (nSPS) is 11.4. The van der Waals surface area contributed by atoms with E-state index in [1.54, 1.807) is 19.1 Å². The van der Waals surface area contributed by atoms with Crippen molar-refractivity contribution < 1.29 is 31.4 Å². The molecule has 0 aliphatic rings. The first-order valence-corrected chi connectivity index (χ1v) is 12.2. The van der Waals surface area contributed by atoms with Crippen molar-refractivity contribution in [3.63, 3.8) is 0 Å². The van der Waals surface area contributed by atoms with Gasteiger partial charge >= 0.3 is 11.6 Å². The summed E-state index contributed by atoms with van der Waals surface area (Å²) in [5.41, 5.74) is 0.399. The maximum absolute atomic E-state index is 15.0. The van der Waals surface area contributed by atoms with Gasteiger partial charge in [0.1, 0.15) is 11.3 Å². The molecule has 0 radical (unpaired) electrons. The minimum absolute atomic E-state index is 0.0485. The van der Waals surface area contributed by atoms with Crippen LogP contribution in [-0.4, -0.2) is 44.6 Å². The van der Waals surface area contributed by atoms with Crippen molar-refractivity contribution in [1.82, 2.24) is 19.7 Å². The Kier molecular flexibility index (Phi) is 7.22. The van der Waals surface area contributed by atoms with Gasteiger partial charge in [0.15, 0.2) is 11.6 Å². The number of rotatable bonds is 9. The third-order valence-electron chi connectivity index (χ3n) is 5.37. The molecule has 4 aromatic rings. The Labute approximate surface area is 210 Å². The van der Waals surface area contributed by atoms with Crippen LogP contribution in [0.5, 0.6) is 23.5 Å². The zero-order chi connectivity index (χ0) is 26.7. The first-order valence-electron chi connectivity index (χ1n) is 10.7. The number of nitrogens with one attached hydrogen (secondary N) is 2. The minimum Gasteiger partial charge on any atom is -0.481 e. The maximum Gasteiger partial charge on any atom is 0.340 e. The summed E-state index contributed by atoms with van der Waals surface area (Å²) in [4.78, 5) is 24.7. The van der Waals surface area contributed by atoms with Crippen molar-refractivity contribution >= 4 is 27.0 Å². The second-order valence-electron chi connectivity index (χ2n) is 7.61. The molecule has 0 bridgehead atoms. The van der Waals surface area contributed by atoms with Crippen LogP contribution in [0.4, 0.5) is 10.2 Å². The van der Waals surface area contributed by atoms with Crippen LogP contribution in [0.25, 0.3) is 11.0 Å². The van der Waals surface area contributed by atoms with E-state index in [1.165, 1.54) is 45.7 Å². The van der Waals surface area contributed by atoms with Crippen molar-refractivity contribution in [2.75, 3.05) is 26.0 Å². The molecular formula is C23H22FN5O7S. The number of aryl methyl sites for hydroxylation is 1. The molecule has 0 saturated carbocycles. The van der Waals surface area contributed by atoms with Crippen molar-refractivity contribution in [1.29, 1.82) is 0 Å². The van der Waals surface area contributed by atoms with Gasteiger partial charge in [-0.25, -0.2) is 18.9 Å². The van der Waals surface area contributed by atoms with Gasteiger partial charge in [-0.1, -0.05) is 0 Å². The van der Waals surface area contributed by atoms with E-state index in [0.717, 1.165) is 0 Å². The van der Waals surface area contributed by atoms with E-state index < -0.39 is 27.5 Å². The molecule has 0 aliphatic heterocycles. The lowest BCUT2D eigenvalue weighted by Gasteiger charge is -2.12. The SMILES string of the molecule is CNS(=O)(=O)Nc1nccc(Cc2c(C)c3ccc(Oc4cc(OC)nc(OC)n4)cc3oc2=O)c1F. The molecule has 0 spiro atoms. The molecular weight excluding hydrogens is 509 g/mol. The van der Waals surface area contributed by atoms with Gasteiger partial charge in [0, 0.05) is 36.7 Å². The van der Waals surface area contributed by atoms with Gasteiger partial charge < -0.3 is 18.6 Å². The number of nitrogens with zero attached hydrogens (tertiary/aromatic N) is 3. The first-order chi connectivity index (χ1) is 17.6. The van der Waals surface area contributed by atoms with Crippen LogP contribution in [0.1, 0.15) is 16.7 Å². The van der Waals surface area contributed by atoms with E-state index in [1.807, 2.05) is 9.44 Å². The Bertz CT molecular complexity index is 1620. The number of fused-ring (bicyclic) bond motifs is 1. The highest BCUT2D eigenvalue weighted by atomic mass is 32.2. The fraction of sp³-hybridized carbons (Fsp3) is 0.217. The fourth-order valence-electron chi connectivity index (χ4n) is 3.45. The molecule has 1 aromatic carbocycles. The van der Waals surface area contributed by atoms with E-state index in [-0.39, 0.29) is 40.9 Å². The molecule has 194 valence electrons. The van der Waals surface area contributed by atoms with E-state index in [0.29, 0.717) is 16.7 Å². The number of ether oxygens (including phenoxy) is 3. The summed E-state index contributed by atoms with van der Waals surface area (Å²) in [6.45, 7) is 1.71. The molecule has 0 aliphatic carbocycles. The summed E-state index contributed by atoms with van der Waals surface area (Å²) in [5, 5.41) is 0.602. The molecule has 14 heteroatoms. The number of halogens is 1. The lowest BCUT2D eigenvalue weighted by atomic mass is 10.00. The highest BCUT2D eigenvalue weighted by Crippen LogP contribution is 2.30. The Morgan fingerprint density at radius 1 is 1.08 bits per heavy atom. The Morgan fingerprint density at radius 3 is 2.54 bits per heavy atom. The summed E-state index contributed by atoms with van der Waals surface area (Å²) in [6.07, 6.45) is 1.09. The van der Waals surface area contributed by atoms with E-state index in [4.69, 9.17) is 18.6 Å². The lowest BCUT2D eigenvalue weighted by molar-refractivity contribution is 0.339. The average molecular weight is 532 g/mol. The van der Waals surface area contributed by atoms with Crippen molar-refractivity contribution in [2.24, 2.45) is 0 Å². The largest absolute Gasteiger partial charge is 0.481 e. The molecule has 12 nitrogen and oxygen atoms in total. The Hall–Kier alpha value is -4.30. The number of methoxy groups -OCH3 is 2. The standard InChI is InChI=1S/C23H22FN5O7S/c1-12-15-6-5-14(35-19-11-18(33-3)27-23(28-19)34-4)10-17(15)36-22(30)16(12)9-13-7-8-26-21(20(13)24)29-37(31,32)25-2/h5-8,10-11,25H,9H2,1-4H3,(H,26,29). The van der Waals surface area contributed by atoms with Crippen LogP contribution in [-0.2, 0) is 16.6 Å². The van der Waals surface area contributed by atoms with Gasteiger partial charge in [0.05, 0.1) is 20.3 Å². The monoisotopic (exact) mass is 531 g/mol. The molecule has 4 rings (SSSR count). The predicted molar refractivity (Wildman–Crippen MR) is 131 cm³/mol. The van der Waals surface area contributed by atoms with Crippen LogP contribution in [0, 0.1) is 12.7 Å². The fourth-order valence-corrected chi connectivity index (χ4v) is 3.95. The third kappa shape index (κ3) is 5.59. The van der Waals surface area contributed by atoms with Gasteiger partial charge in [0.25, 0.3) is 10.2 Å². The number of benzene rings is 1. The van der Waals surface area contributed by atoms with Gasteiger partial charge in [0.2, 0.25) is 11.8 Å². The van der Waals surface area contributed by atoms with Crippen LogP contribution in [0.3, 0.4) is 0 Å². The molecule has 37 heavy (non-hydrogen) atoms. The molecule has 3 aromatic heterocycles.